The fraction of sp³-hybridized carbons (Fsp3) is 0.864. The lowest BCUT2D eigenvalue weighted by Crippen LogP contribution is -2.73. The van der Waals surface area contributed by atoms with Crippen molar-refractivity contribution in [2.75, 3.05) is 19.8 Å². The third-order valence-electron chi connectivity index (χ3n) is 23.9. The van der Waals surface area contributed by atoms with Gasteiger partial charge in [-0.3, -0.25) is 4.79 Å². The highest BCUT2D eigenvalue weighted by Crippen LogP contribution is 2.76. The van der Waals surface area contributed by atoms with Gasteiger partial charge in [-0.15, -0.1) is 0 Å². The summed E-state index contributed by atoms with van der Waals surface area (Å²) in [7, 11) is 0. The van der Waals surface area contributed by atoms with E-state index in [9.17, 15) is 75.7 Å². The van der Waals surface area contributed by atoms with Crippen molar-refractivity contribution in [3.63, 3.8) is 0 Å². The van der Waals surface area contributed by atoms with Gasteiger partial charge in [0.05, 0.1) is 49.7 Å². The zero-order valence-electron chi connectivity index (χ0n) is 55.5. The van der Waals surface area contributed by atoms with E-state index in [0.717, 1.165) is 5.57 Å². The molecule has 12 N–H and O–H groups in total. The maximum atomic E-state index is 13.5. The Morgan fingerprint density at radius 1 is 0.554 bits per heavy atom. The molecule has 0 bridgehead atoms. The molecule has 0 radical (unpaired) electrons. The van der Waals surface area contributed by atoms with Crippen molar-refractivity contribution in [2.24, 2.45) is 50.2 Å². The average Bonchev–Trinajstić information content (AvgIpc) is 0.670. The smallest absolute Gasteiger partial charge is 0.333 e. The molecule has 0 aromatic rings. The molecule has 26 heteroatoms. The Balaban J connectivity index is 1.01. The monoisotopic (exact) mass is 1310 g/mol. The molecule has 8 fully saturated rings. The predicted octanol–water partition coefficient (Wildman–Crippen LogP) is 1.01. The van der Waals surface area contributed by atoms with Crippen LogP contribution in [-0.2, 0) is 66.5 Å². The van der Waals surface area contributed by atoms with Crippen LogP contribution < -0.4 is 0 Å². The lowest BCUT2D eigenvalue weighted by molar-refractivity contribution is -0.398. The van der Waals surface area contributed by atoms with Gasteiger partial charge in [0, 0.05) is 18.1 Å². The Bertz CT molecular complexity index is 2740. The zero-order valence-corrected chi connectivity index (χ0v) is 55.5. The van der Waals surface area contributed by atoms with Gasteiger partial charge in [0.15, 0.2) is 37.4 Å². The maximum absolute atomic E-state index is 13.5. The summed E-state index contributed by atoms with van der Waals surface area (Å²) < 4.78 is 68.8. The van der Waals surface area contributed by atoms with Crippen LogP contribution in [0, 0.1) is 50.2 Å². The van der Waals surface area contributed by atoms with Gasteiger partial charge in [0.1, 0.15) is 85.5 Å². The maximum Gasteiger partial charge on any atom is 0.333 e. The van der Waals surface area contributed by atoms with E-state index in [-0.39, 0.29) is 29.4 Å². The van der Waals surface area contributed by atoms with Crippen LogP contribution in [0.3, 0.4) is 0 Å². The van der Waals surface area contributed by atoms with Crippen molar-refractivity contribution in [2.45, 2.75) is 289 Å². The average molecular weight is 1310 g/mol. The lowest BCUT2D eigenvalue weighted by Gasteiger charge is -2.72. The van der Waals surface area contributed by atoms with Crippen LogP contribution in [0.4, 0.5) is 0 Å². The number of carbonyl (C=O) groups excluding carboxylic acids is 3. The van der Waals surface area contributed by atoms with Gasteiger partial charge in [-0.1, -0.05) is 72.3 Å². The Morgan fingerprint density at radius 2 is 1.10 bits per heavy atom. The molecule has 26 nitrogen and oxygen atoms in total. The second-order valence-corrected chi connectivity index (χ2v) is 29.8. The molecule has 9 aliphatic rings. The van der Waals surface area contributed by atoms with E-state index in [1.165, 1.54) is 26.8 Å². The molecule has 0 spiro atoms. The van der Waals surface area contributed by atoms with Gasteiger partial charge in [-0.05, 0) is 131 Å². The Labute approximate surface area is 538 Å². The minimum atomic E-state index is -1.94. The fourth-order valence-corrected chi connectivity index (χ4v) is 18.1. The number of carbonyl (C=O) groups is 3. The highest BCUT2D eigenvalue weighted by molar-refractivity contribution is 5.88. The third kappa shape index (κ3) is 12.3. The molecule has 524 valence electrons. The highest BCUT2D eigenvalue weighted by atomic mass is 16.8. The van der Waals surface area contributed by atoms with Crippen LogP contribution in [0.1, 0.15) is 142 Å². The highest BCUT2D eigenvalue weighted by Gasteiger charge is 2.74. The summed E-state index contributed by atoms with van der Waals surface area (Å²) in [6, 6.07) is 0. The number of hydrogen-bond acceptors (Lipinski definition) is 26. The molecular formula is C66H104O26. The summed E-state index contributed by atoms with van der Waals surface area (Å²) in [5.41, 5.74) is -3.24. The van der Waals surface area contributed by atoms with Crippen molar-refractivity contribution < 1.29 is 128 Å². The van der Waals surface area contributed by atoms with E-state index < -0.39 is 223 Å². The summed E-state index contributed by atoms with van der Waals surface area (Å²) in [6.45, 7) is 23.3. The Hall–Kier alpha value is -3.17. The fourth-order valence-electron chi connectivity index (χ4n) is 18.1. The standard InChI is InChI=1S/C66H104O26/c1-15-28(3)55(80)88-49-31(6)83-59(48(79)51(49)89-56(81)29(4)16-2)92-53-54(84-32(7)70)66(27-69)34(23-61(53,8)9)33-17-18-38-63(12)21-20-40(62(10,11)37(63)19-22-64(38,13)65(33,14)24-39(66)71)87-60-52(91-58-47(78)45(76)42(73)35(25-67)85-58)50(43(74)36(26-68)86-60)90-57-46(77)44(75)41(72)30(5)82-57/h15-17,30-31,34-54,57-60,67-69,71-79H,18-27H2,1-14H3/b28-15-,29-16-/t30-,31+,34-,35+,36+,37-,38+,39+,40-,41-,42-,43+,44+,45-,46+,47+,48+,49-,50-,51+,52+,53-,54-,57-,58-,59-,60-,63-,64+,65+,66-/m0/s1. The summed E-state index contributed by atoms with van der Waals surface area (Å²) in [5, 5.41) is 135. The van der Waals surface area contributed by atoms with Gasteiger partial charge >= 0.3 is 17.9 Å². The van der Waals surface area contributed by atoms with Crippen molar-refractivity contribution in [1.29, 1.82) is 0 Å². The molecule has 5 aliphatic carbocycles. The number of aliphatic hydroxyl groups excluding tert-OH is 12. The second-order valence-electron chi connectivity index (χ2n) is 29.8. The zero-order chi connectivity index (χ0) is 68.0. The minimum Gasteiger partial charge on any atom is -0.459 e. The number of ether oxygens (including phenoxy) is 11. The van der Waals surface area contributed by atoms with Gasteiger partial charge in [0.25, 0.3) is 0 Å². The van der Waals surface area contributed by atoms with Crippen LogP contribution in [0.15, 0.2) is 34.9 Å². The SMILES string of the molecule is C/C=C(/C)C(=O)O[C@@H]1[C@@H](O)[C@H](O[C@H]2[C@H](OC(C)=O)[C@]3(CO)[C@H](O)C[C@]4(C)C(=CC[C@@H]5[C@@]6(C)CC[C@H](O[C@@H]7O[C@H](CO)[C@@H](O)[C@H](O[C@@H]8O[C@@H](C)[C@H](O)[C@@H](O)[C@H]8O)[C@H]7O[C@@H]7O[C@H](CO)[C@H](O)[C@H](O)[C@H]7O)C(C)(C)[C@@H]6CC[C@]54C)[C@@H]3CC2(C)C)O[C@H](C)[C@@H]1OC(=O)/C(C)=C\C. The summed E-state index contributed by atoms with van der Waals surface area (Å²) in [4.78, 5) is 40.1. The topological polar surface area (TPSA) is 396 Å². The summed E-state index contributed by atoms with van der Waals surface area (Å²) in [5.74, 6) is -2.82. The molecule has 0 amide bonds. The van der Waals surface area contributed by atoms with Crippen LogP contribution in [0.25, 0.3) is 0 Å². The Kier molecular flexibility index (Phi) is 21.7. The number of aliphatic hydroxyl groups is 12. The normalized spacial score (nSPS) is 49.4. The number of allylic oxidation sites excluding steroid dienone is 4. The molecule has 0 aromatic heterocycles. The number of rotatable bonds is 16. The molecular weight excluding hydrogens is 1210 g/mol. The van der Waals surface area contributed by atoms with Crippen LogP contribution in [-0.4, -0.2) is 246 Å². The van der Waals surface area contributed by atoms with E-state index in [2.05, 4.69) is 40.7 Å². The number of fused-ring (bicyclic) bond motifs is 7. The molecule has 4 aliphatic heterocycles. The van der Waals surface area contributed by atoms with Gasteiger partial charge in [0.2, 0.25) is 0 Å². The molecule has 92 heavy (non-hydrogen) atoms. The molecule has 9 rings (SSSR count). The second kappa shape index (κ2) is 27.3. The molecule has 0 unspecified atom stereocenters. The molecule has 4 saturated carbocycles. The predicted molar refractivity (Wildman–Crippen MR) is 320 cm³/mol. The number of hydrogen-bond donors (Lipinski definition) is 12. The van der Waals surface area contributed by atoms with E-state index in [1.807, 2.05) is 13.8 Å². The quantitative estimate of drug-likeness (QED) is 0.0337. The third-order valence-corrected chi connectivity index (χ3v) is 23.9. The summed E-state index contributed by atoms with van der Waals surface area (Å²) >= 11 is 0. The molecule has 4 heterocycles. The van der Waals surface area contributed by atoms with Crippen LogP contribution in [0.2, 0.25) is 0 Å². The van der Waals surface area contributed by atoms with Crippen molar-refractivity contribution in [1.82, 2.24) is 0 Å². The largest absolute Gasteiger partial charge is 0.459 e. The first-order chi connectivity index (χ1) is 43.0. The van der Waals surface area contributed by atoms with Crippen molar-refractivity contribution in [3.8, 4) is 0 Å². The number of esters is 3. The van der Waals surface area contributed by atoms with Gasteiger partial charge in [-0.25, -0.2) is 9.59 Å². The lowest BCUT2D eigenvalue weighted by atomic mass is 9.33. The van der Waals surface area contributed by atoms with Crippen LogP contribution >= 0.6 is 0 Å². The van der Waals surface area contributed by atoms with E-state index >= 15 is 0 Å². The first kappa shape index (κ1) is 73.1. The van der Waals surface area contributed by atoms with Crippen molar-refractivity contribution >= 4 is 17.9 Å². The first-order valence-electron chi connectivity index (χ1n) is 32.7. The van der Waals surface area contributed by atoms with Crippen LogP contribution in [0.5, 0.6) is 0 Å². The van der Waals surface area contributed by atoms with Gasteiger partial charge in [-0.2, -0.15) is 0 Å². The van der Waals surface area contributed by atoms with Gasteiger partial charge < -0.3 is 113 Å². The Morgan fingerprint density at radius 3 is 1.68 bits per heavy atom. The molecule has 31 atom stereocenters. The molecule has 0 aromatic carbocycles. The first-order valence-corrected chi connectivity index (χ1v) is 32.7. The van der Waals surface area contributed by atoms with Crippen molar-refractivity contribution in [3.05, 3.63) is 34.9 Å². The van der Waals surface area contributed by atoms with E-state index in [1.54, 1.807) is 33.8 Å². The summed E-state index contributed by atoms with van der Waals surface area (Å²) in [6.07, 6.45) is -27.5. The molecule has 4 saturated heterocycles. The minimum absolute atomic E-state index is 0.00200. The van der Waals surface area contributed by atoms with E-state index in [0.29, 0.717) is 38.5 Å². The van der Waals surface area contributed by atoms with E-state index in [4.69, 9.17) is 52.1 Å².